The summed E-state index contributed by atoms with van der Waals surface area (Å²) in [4.78, 5) is 0.775. The van der Waals surface area contributed by atoms with E-state index < -0.39 is 9.84 Å². The molecular weight excluding hydrogens is 366 g/mol. The highest BCUT2D eigenvalue weighted by atomic mass is 32.2. The van der Waals surface area contributed by atoms with Crippen LogP contribution in [0.2, 0.25) is 0 Å². The van der Waals surface area contributed by atoms with Gasteiger partial charge in [0.25, 0.3) is 0 Å². The molecule has 134 valence electrons. The first-order chi connectivity index (χ1) is 13.7. The van der Waals surface area contributed by atoms with E-state index in [1.54, 1.807) is 12.1 Å². The van der Waals surface area contributed by atoms with Gasteiger partial charge in [0.05, 0.1) is 20.8 Å². The smallest absolute Gasteiger partial charge is 0.207 e. The summed E-state index contributed by atoms with van der Waals surface area (Å²) < 4.78 is 28.4. The number of sulfone groups is 1. The summed E-state index contributed by atoms with van der Waals surface area (Å²) in [5.74, 6) is 0. The summed E-state index contributed by atoms with van der Waals surface area (Å²) in [5.41, 5.74) is 4.55. The molecule has 0 N–H and O–H groups in total. The van der Waals surface area contributed by atoms with Crippen LogP contribution in [0.1, 0.15) is 0 Å². The summed E-state index contributed by atoms with van der Waals surface area (Å²) >= 11 is 0. The molecule has 4 aromatic carbocycles. The zero-order chi connectivity index (χ0) is 18.9. The van der Waals surface area contributed by atoms with Crippen molar-refractivity contribution >= 4 is 31.6 Å². The van der Waals surface area contributed by atoms with E-state index in [9.17, 15) is 8.42 Å². The van der Waals surface area contributed by atoms with Crippen LogP contribution in [0.5, 0.6) is 0 Å². The summed E-state index contributed by atoms with van der Waals surface area (Å²) in [5, 5.41) is 2.31. The normalized spacial score (nSPS) is 14.3. The van der Waals surface area contributed by atoms with E-state index in [0.717, 1.165) is 38.6 Å². The first kappa shape index (κ1) is 15.7. The van der Waals surface area contributed by atoms with Gasteiger partial charge in [-0.25, -0.2) is 8.42 Å². The zero-order valence-electron chi connectivity index (χ0n) is 14.8. The first-order valence-corrected chi connectivity index (χ1v) is 10.6. The van der Waals surface area contributed by atoms with Crippen molar-refractivity contribution in [2.45, 2.75) is 9.79 Å². The molecule has 0 spiro atoms. The topological polar surface area (TPSA) is 39.1 Å². The molecule has 0 aliphatic carbocycles. The molecule has 6 rings (SSSR count). The molecule has 3 nitrogen and oxygen atoms in total. The number of hydrogen-bond donors (Lipinski definition) is 0. The van der Waals surface area contributed by atoms with E-state index in [0.29, 0.717) is 9.79 Å². The first-order valence-electron chi connectivity index (χ1n) is 9.13. The lowest BCUT2D eigenvalue weighted by molar-refractivity contribution is 0.598. The number of para-hydroxylation sites is 2. The minimum Gasteiger partial charge on any atom is -0.309 e. The maximum absolute atomic E-state index is 13.1. The van der Waals surface area contributed by atoms with Crippen LogP contribution < -0.4 is 0 Å². The number of nitrogens with zero attached hydrogens (tertiary/aromatic N) is 1. The van der Waals surface area contributed by atoms with E-state index in [1.165, 1.54) is 0 Å². The SMILES string of the molecule is O=S1(=O)c2ccccc2-c2ccc(-n3c4ccccc4c4ccccc43)cc21. The monoisotopic (exact) mass is 381 g/mol. The molecule has 1 aliphatic rings. The molecule has 0 saturated heterocycles. The van der Waals surface area contributed by atoms with Gasteiger partial charge in [-0.05, 0) is 30.3 Å². The van der Waals surface area contributed by atoms with Crippen molar-refractivity contribution in [2.24, 2.45) is 0 Å². The fourth-order valence-corrected chi connectivity index (χ4v) is 6.04. The Morgan fingerprint density at radius 2 is 1.14 bits per heavy atom. The van der Waals surface area contributed by atoms with Gasteiger partial charge in [0.1, 0.15) is 0 Å². The van der Waals surface area contributed by atoms with Gasteiger partial charge in [-0.15, -0.1) is 0 Å². The third-order valence-electron chi connectivity index (χ3n) is 5.56. The van der Waals surface area contributed by atoms with Gasteiger partial charge in [0.15, 0.2) is 0 Å². The fourth-order valence-electron chi connectivity index (χ4n) is 4.34. The second-order valence-electron chi connectivity index (χ2n) is 7.05. The number of fused-ring (bicyclic) bond motifs is 6. The van der Waals surface area contributed by atoms with Gasteiger partial charge in [-0.2, -0.15) is 0 Å². The van der Waals surface area contributed by atoms with Crippen LogP contribution in [0, 0.1) is 0 Å². The minimum absolute atomic E-state index is 0.382. The van der Waals surface area contributed by atoms with Crippen LogP contribution in [0.15, 0.2) is 101 Å². The van der Waals surface area contributed by atoms with E-state index in [1.807, 2.05) is 54.6 Å². The molecule has 0 atom stereocenters. The summed E-state index contributed by atoms with van der Waals surface area (Å²) in [6.07, 6.45) is 0. The Bertz CT molecular complexity index is 1470. The Kier molecular flexibility index (Phi) is 2.98. The van der Waals surface area contributed by atoms with E-state index in [2.05, 4.69) is 28.8 Å². The quantitative estimate of drug-likeness (QED) is 0.372. The second kappa shape index (κ2) is 5.33. The van der Waals surface area contributed by atoms with Gasteiger partial charge in [-0.3, -0.25) is 0 Å². The Balaban J connectivity index is 1.70. The fraction of sp³-hybridized carbons (Fsp3) is 0. The molecule has 0 fully saturated rings. The average molecular weight is 381 g/mol. The Labute approximate surface area is 162 Å². The summed E-state index contributed by atoms with van der Waals surface area (Å²) in [6, 6.07) is 29.4. The number of rotatable bonds is 1. The van der Waals surface area contributed by atoms with Crippen LogP contribution in [0.4, 0.5) is 0 Å². The third kappa shape index (κ3) is 1.90. The van der Waals surface area contributed by atoms with Gasteiger partial charge in [0, 0.05) is 27.6 Å². The Hall–Kier alpha value is -3.37. The number of aromatic nitrogens is 1. The maximum atomic E-state index is 13.1. The van der Waals surface area contributed by atoms with E-state index >= 15 is 0 Å². The van der Waals surface area contributed by atoms with Crippen molar-refractivity contribution in [3.8, 4) is 16.8 Å². The predicted octanol–water partition coefficient (Wildman–Crippen LogP) is 5.60. The van der Waals surface area contributed by atoms with Crippen molar-refractivity contribution in [3.05, 3.63) is 91.0 Å². The van der Waals surface area contributed by atoms with E-state index in [-0.39, 0.29) is 0 Å². The van der Waals surface area contributed by atoms with Gasteiger partial charge in [0.2, 0.25) is 9.84 Å². The van der Waals surface area contributed by atoms with Crippen LogP contribution in [0.25, 0.3) is 38.6 Å². The number of hydrogen-bond acceptors (Lipinski definition) is 2. The molecule has 0 unspecified atom stereocenters. The lowest BCUT2D eigenvalue weighted by Crippen LogP contribution is -1.99. The second-order valence-corrected chi connectivity index (χ2v) is 8.94. The molecule has 0 bridgehead atoms. The Morgan fingerprint density at radius 3 is 1.86 bits per heavy atom. The van der Waals surface area contributed by atoms with Crippen LogP contribution in [0.3, 0.4) is 0 Å². The predicted molar refractivity (Wildman–Crippen MR) is 112 cm³/mol. The van der Waals surface area contributed by atoms with Gasteiger partial charge in [-0.1, -0.05) is 60.7 Å². The highest BCUT2D eigenvalue weighted by Crippen LogP contribution is 2.44. The molecule has 28 heavy (non-hydrogen) atoms. The molecule has 0 amide bonds. The summed E-state index contributed by atoms with van der Waals surface area (Å²) in [6.45, 7) is 0. The lowest BCUT2D eigenvalue weighted by atomic mass is 10.1. The maximum Gasteiger partial charge on any atom is 0.207 e. The lowest BCUT2D eigenvalue weighted by Gasteiger charge is -2.10. The highest BCUT2D eigenvalue weighted by molar-refractivity contribution is 7.92. The van der Waals surface area contributed by atoms with Crippen LogP contribution >= 0.6 is 0 Å². The van der Waals surface area contributed by atoms with Crippen LogP contribution in [-0.4, -0.2) is 13.0 Å². The van der Waals surface area contributed by atoms with Crippen molar-refractivity contribution in [1.29, 1.82) is 0 Å². The zero-order valence-corrected chi connectivity index (χ0v) is 15.6. The van der Waals surface area contributed by atoms with Crippen molar-refractivity contribution in [2.75, 3.05) is 0 Å². The van der Waals surface area contributed by atoms with Crippen molar-refractivity contribution < 1.29 is 8.42 Å². The Morgan fingerprint density at radius 1 is 0.571 bits per heavy atom. The molecular formula is C24H15NO2S. The third-order valence-corrected chi connectivity index (χ3v) is 7.41. The van der Waals surface area contributed by atoms with Gasteiger partial charge < -0.3 is 4.57 Å². The molecule has 2 heterocycles. The number of benzene rings is 4. The largest absolute Gasteiger partial charge is 0.309 e. The molecule has 1 aliphatic heterocycles. The van der Waals surface area contributed by atoms with Gasteiger partial charge >= 0.3 is 0 Å². The highest BCUT2D eigenvalue weighted by Gasteiger charge is 2.33. The van der Waals surface area contributed by atoms with Crippen molar-refractivity contribution in [1.82, 2.24) is 4.57 Å². The van der Waals surface area contributed by atoms with E-state index in [4.69, 9.17) is 0 Å². The average Bonchev–Trinajstić information content (AvgIpc) is 3.18. The molecule has 0 radical (unpaired) electrons. The molecule has 0 saturated carbocycles. The molecule has 4 heteroatoms. The minimum atomic E-state index is -3.50. The molecule has 5 aromatic rings. The summed E-state index contributed by atoms with van der Waals surface area (Å²) in [7, 11) is -3.50. The van der Waals surface area contributed by atoms with Crippen molar-refractivity contribution in [3.63, 3.8) is 0 Å². The standard InChI is InChI=1S/C24H15NO2S/c26-28(27)23-12-6-3-9-19(23)20-14-13-16(15-24(20)28)25-21-10-4-1-7-17(21)18-8-2-5-11-22(18)25/h1-15H. The van der Waals surface area contributed by atoms with Crippen LogP contribution in [-0.2, 0) is 9.84 Å². The molecule has 1 aromatic heterocycles.